The fourth-order valence-electron chi connectivity index (χ4n) is 4.83. The molecule has 2 heterocycles. The van der Waals surface area contributed by atoms with Gasteiger partial charge in [0.15, 0.2) is 6.07 Å². The average Bonchev–Trinajstić information content (AvgIpc) is 3.45. The van der Waals surface area contributed by atoms with Crippen LogP contribution in [0.1, 0.15) is 17.0 Å². The number of aryl methyl sites for hydroxylation is 1. The number of hydrogen-bond acceptors (Lipinski definition) is 4. The Labute approximate surface area is 198 Å². The quantitative estimate of drug-likeness (QED) is 0.395. The first-order valence-corrected chi connectivity index (χ1v) is 11.6. The molecule has 34 heavy (non-hydrogen) atoms. The summed E-state index contributed by atoms with van der Waals surface area (Å²) in [6, 6.07) is 24.8. The second-order valence-corrected chi connectivity index (χ2v) is 8.78. The van der Waals surface area contributed by atoms with Crippen molar-refractivity contribution in [1.29, 1.82) is 0 Å². The molecule has 0 radical (unpaired) electrons. The minimum atomic E-state index is -0.434. The van der Waals surface area contributed by atoms with E-state index >= 15 is 0 Å². The summed E-state index contributed by atoms with van der Waals surface area (Å²) in [5, 5.41) is 4.81. The number of urea groups is 1. The van der Waals surface area contributed by atoms with E-state index in [1.807, 2.05) is 61.5 Å². The van der Waals surface area contributed by atoms with Crippen LogP contribution in [0.2, 0.25) is 0 Å². The average molecular weight is 455 g/mol. The smallest absolute Gasteiger partial charge is 0.456 e. The van der Waals surface area contributed by atoms with Crippen LogP contribution in [0.25, 0.3) is 26.8 Å². The summed E-state index contributed by atoms with van der Waals surface area (Å²) in [6.07, 6.45) is 0. The number of rotatable bonds is 5. The Hall–Kier alpha value is -3.66. The van der Waals surface area contributed by atoms with E-state index in [1.165, 1.54) is 5.56 Å². The summed E-state index contributed by atoms with van der Waals surface area (Å²) in [5.41, 5.74) is 4.56. The fourth-order valence-corrected chi connectivity index (χ4v) is 4.83. The Balaban J connectivity index is 1.39. The van der Waals surface area contributed by atoms with Crippen molar-refractivity contribution in [3.05, 3.63) is 82.7 Å². The number of anilines is 1. The largest absolute Gasteiger partial charge is 0.603 e. The molecule has 0 saturated carbocycles. The topological polar surface area (TPSA) is 59.1 Å². The first kappa shape index (κ1) is 22.1. The third-order valence-corrected chi connectivity index (χ3v) is 6.53. The summed E-state index contributed by atoms with van der Waals surface area (Å²) < 4.78 is 11.3. The molecule has 4 aromatic rings. The highest BCUT2D eigenvalue weighted by atomic mass is 16.5. The molecule has 3 aromatic carbocycles. The van der Waals surface area contributed by atoms with Gasteiger partial charge in [-0.25, -0.2) is 0 Å². The number of benzene rings is 3. The lowest BCUT2D eigenvalue weighted by Gasteiger charge is -2.15. The number of amides is 2. The molecular formula is C28H28N3O3+. The van der Waals surface area contributed by atoms with Gasteiger partial charge in [0.05, 0.1) is 17.9 Å². The molecule has 6 heteroatoms. The zero-order valence-corrected chi connectivity index (χ0v) is 19.5. The van der Waals surface area contributed by atoms with E-state index in [2.05, 4.69) is 33.3 Å². The number of carbonyl (C=O) groups excluding carboxylic acids is 1. The number of nitrogens with zero attached hydrogens (tertiary/aromatic N) is 2. The number of methoxy groups -OCH3 is 1. The third-order valence-electron chi connectivity index (χ3n) is 6.53. The molecule has 0 aliphatic carbocycles. The molecule has 1 saturated heterocycles. The van der Waals surface area contributed by atoms with Crippen molar-refractivity contribution in [2.24, 2.45) is 5.92 Å². The SMILES string of the molecule is COCCN1CC(C#[N+]C(=O)Nc2cccc3oc4c(C)cccc4c23)[C@H](c2ccccc2)C1. The normalized spacial score (nSPS) is 18.2. The highest BCUT2D eigenvalue weighted by molar-refractivity contribution is 6.15. The van der Waals surface area contributed by atoms with Crippen LogP contribution in [-0.4, -0.2) is 44.3 Å². The van der Waals surface area contributed by atoms with Crippen LogP contribution in [0.15, 0.2) is 71.1 Å². The van der Waals surface area contributed by atoms with Gasteiger partial charge in [0.25, 0.3) is 0 Å². The molecule has 1 aliphatic rings. The van der Waals surface area contributed by atoms with Crippen LogP contribution < -0.4 is 5.32 Å². The molecule has 1 fully saturated rings. The number of fused-ring (bicyclic) bond motifs is 3. The van der Waals surface area contributed by atoms with E-state index in [1.54, 1.807) is 7.11 Å². The van der Waals surface area contributed by atoms with E-state index in [9.17, 15) is 4.79 Å². The highest BCUT2D eigenvalue weighted by Crippen LogP contribution is 2.36. The van der Waals surface area contributed by atoms with Gasteiger partial charge in [0.1, 0.15) is 16.9 Å². The van der Waals surface area contributed by atoms with Gasteiger partial charge in [-0.1, -0.05) is 54.6 Å². The molecule has 1 aromatic heterocycles. The predicted molar refractivity (Wildman–Crippen MR) is 136 cm³/mol. The Kier molecular flexibility index (Phi) is 6.31. The molecule has 5 rings (SSSR count). The molecule has 0 bridgehead atoms. The van der Waals surface area contributed by atoms with Crippen molar-refractivity contribution in [2.45, 2.75) is 12.8 Å². The Morgan fingerprint density at radius 1 is 1.12 bits per heavy atom. The standard InChI is InChI=1S/C28H27N3O3/c1-19-8-6-11-22-26-24(12-7-13-25(26)34-27(19)22)30-28(32)29-16-21-17-31(14-15-33-2)18-23(21)20-9-4-3-5-10-20/h3-13,21,23H,14-15,17-18H2,1-2H3/p+1/t21?,23-/m0/s1. The maximum absolute atomic E-state index is 12.8. The number of furan rings is 1. The Morgan fingerprint density at radius 3 is 2.76 bits per heavy atom. The van der Waals surface area contributed by atoms with Gasteiger partial charge in [0.2, 0.25) is 0 Å². The number of para-hydroxylation sites is 1. The van der Waals surface area contributed by atoms with E-state index in [-0.39, 0.29) is 11.8 Å². The van der Waals surface area contributed by atoms with Gasteiger partial charge in [-0.2, -0.15) is 10.1 Å². The first-order chi connectivity index (χ1) is 16.6. The van der Waals surface area contributed by atoms with Crippen molar-refractivity contribution >= 4 is 33.7 Å². The summed E-state index contributed by atoms with van der Waals surface area (Å²) in [5.74, 6) is 0.261. The lowest BCUT2D eigenvalue weighted by Crippen LogP contribution is -2.25. The van der Waals surface area contributed by atoms with Crippen molar-refractivity contribution in [3.63, 3.8) is 0 Å². The number of nitrogens with one attached hydrogen (secondary N) is 1. The number of carbonyl (C=O) groups is 1. The van der Waals surface area contributed by atoms with E-state index < -0.39 is 6.03 Å². The maximum atomic E-state index is 12.8. The van der Waals surface area contributed by atoms with E-state index in [4.69, 9.17) is 9.15 Å². The molecule has 0 spiro atoms. The second-order valence-electron chi connectivity index (χ2n) is 8.78. The van der Waals surface area contributed by atoms with Crippen molar-refractivity contribution < 1.29 is 13.9 Å². The summed E-state index contributed by atoms with van der Waals surface area (Å²) in [7, 11) is 1.71. The van der Waals surface area contributed by atoms with Gasteiger partial charge in [0, 0.05) is 38.0 Å². The van der Waals surface area contributed by atoms with Crippen LogP contribution in [0, 0.1) is 18.9 Å². The van der Waals surface area contributed by atoms with Crippen LogP contribution in [-0.2, 0) is 4.74 Å². The highest BCUT2D eigenvalue weighted by Gasteiger charge is 2.35. The van der Waals surface area contributed by atoms with E-state index in [0.29, 0.717) is 12.3 Å². The van der Waals surface area contributed by atoms with Gasteiger partial charge >= 0.3 is 6.03 Å². The number of hydrogen-bond donors (Lipinski definition) is 1. The molecule has 6 nitrogen and oxygen atoms in total. The molecule has 172 valence electrons. The maximum Gasteiger partial charge on any atom is 0.603 e. The monoisotopic (exact) mass is 454 g/mol. The summed E-state index contributed by atoms with van der Waals surface area (Å²) >= 11 is 0. The number of ether oxygens (including phenoxy) is 1. The van der Waals surface area contributed by atoms with Gasteiger partial charge < -0.3 is 9.15 Å². The minimum absolute atomic E-state index is 0.0261. The van der Waals surface area contributed by atoms with Crippen LogP contribution in [0.3, 0.4) is 0 Å². The van der Waals surface area contributed by atoms with Crippen LogP contribution >= 0.6 is 0 Å². The number of likely N-dealkylation sites (tertiary alicyclic amines) is 1. The zero-order valence-electron chi connectivity index (χ0n) is 19.5. The van der Waals surface area contributed by atoms with Crippen LogP contribution in [0.5, 0.6) is 0 Å². The first-order valence-electron chi connectivity index (χ1n) is 11.6. The van der Waals surface area contributed by atoms with Gasteiger partial charge in [-0.05, 0) is 30.2 Å². The molecule has 1 unspecified atom stereocenters. The van der Waals surface area contributed by atoms with E-state index in [0.717, 1.165) is 47.1 Å². The Morgan fingerprint density at radius 2 is 1.94 bits per heavy atom. The minimum Gasteiger partial charge on any atom is -0.456 e. The van der Waals surface area contributed by atoms with Gasteiger partial charge in [-0.3, -0.25) is 4.90 Å². The molecule has 1 aliphatic heterocycles. The molecule has 2 amide bonds. The molecular weight excluding hydrogens is 426 g/mol. The van der Waals surface area contributed by atoms with Crippen molar-refractivity contribution in [3.8, 4) is 6.07 Å². The summed E-state index contributed by atoms with van der Waals surface area (Å²) in [4.78, 5) is 19.4. The third kappa shape index (κ3) is 4.41. The lowest BCUT2D eigenvalue weighted by atomic mass is 9.90. The lowest BCUT2D eigenvalue weighted by molar-refractivity contribution is 0.159. The second kappa shape index (κ2) is 9.68. The predicted octanol–water partition coefficient (Wildman–Crippen LogP) is 6.12. The molecule has 2 atom stereocenters. The van der Waals surface area contributed by atoms with Crippen molar-refractivity contribution in [2.75, 3.05) is 38.7 Å². The fraction of sp³-hybridized carbons (Fsp3) is 0.286. The summed E-state index contributed by atoms with van der Waals surface area (Å²) in [6.45, 7) is 5.22. The van der Waals surface area contributed by atoms with Gasteiger partial charge in [-0.15, -0.1) is 4.85 Å². The molecule has 1 N–H and O–H groups in total. The van der Waals surface area contributed by atoms with Crippen molar-refractivity contribution in [1.82, 2.24) is 4.90 Å². The Bertz CT molecular complexity index is 1380. The zero-order chi connectivity index (χ0) is 23.5. The van der Waals surface area contributed by atoms with Crippen LogP contribution in [0.4, 0.5) is 10.5 Å².